The average Bonchev–Trinajstić information content (AvgIpc) is 2.78. The second-order valence-electron chi connectivity index (χ2n) is 3.39. The van der Waals surface area contributed by atoms with Crippen LogP contribution in [0.4, 0.5) is 0 Å². The maximum absolute atomic E-state index is 11.5. The summed E-state index contributed by atoms with van der Waals surface area (Å²) in [6.45, 7) is 0. The first-order chi connectivity index (χ1) is 9.10. The van der Waals surface area contributed by atoms with Gasteiger partial charge in [0.1, 0.15) is 4.91 Å². The Bertz CT molecular complexity index is 630. The Labute approximate surface area is 116 Å². The topological polar surface area (TPSA) is 76.5 Å². The third kappa shape index (κ3) is 3.33. The number of aromatic nitrogens is 1. The highest BCUT2D eigenvalue weighted by Crippen LogP contribution is 2.34. The van der Waals surface area contributed by atoms with Gasteiger partial charge in [-0.15, -0.1) is 11.3 Å². The number of thioether (sulfide) groups is 1. The molecule has 0 spiro atoms. The van der Waals surface area contributed by atoms with E-state index in [9.17, 15) is 9.59 Å². The summed E-state index contributed by atoms with van der Waals surface area (Å²) in [6, 6.07) is 7.53. The third-order valence-electron chi connectivity index (χ3n) is 2.11. The van der Waals surface area contributed by atoms with Gasteiger partial charge in [-0.2, -0.15) is 0 Å². The molecule has 19 heavy (non-hydrogen) atoms. The summed E-state index contributed by atoms with van der Waals surface area (Å²) >= 11 is 2.38. The van der Waals surface area contributed by atoms with Crippen LogP contribution >= 0.6 is 23.1 Å². The molecule has 5 nitrogen and oxygen atoms in total. The van der Waals surface area contributed by atoms with Crippen molar-refractivity contribution in [1.82, 2.24) is 4.98 Å². The smallest absolute Gasteiger partial charge is 0.345 e. The molecule has 0 amide bonds. The van der Waals surface area contributed by atoms with Crippen LogP contribution in [0.5, 0.6) is 0 Å². The summed E-state index contributed by atoms with van der Waals surface area (Å²) in [6.07, 6.45) is 0.822. The number of para-hydroxylation sites is 1. The summed E-state index contributed by atoms with van der Waals surface area (Å²) in [5, 5.41) is 8.73. The minimum absolute atomic E-state index is 0.00550. The molecular formula is C12H9NO4S2. The molecule has 98 valence electrons. The standard InChI is InChI=1S/C12H9NO4S2/c1-17-11(16)9(6-10(14)15)19-12-13-7-4-2-3-5-8(7)18-12/h2-6H,1H3,(H,14,15)/b9-6+. The normalized spacial score (nSPS) is 11.5. The number of thiazole rings is 1. The van der Waals surface area contributed by atoms with E-state index in [1.54, 1.807) is 0 Å². The number of esters is 1. The molecule has 2 rings (SSSR count). The molecule has 0 atom stereocenters. The zero-order valence-electron chi connectivity index (χ0n) is 9.82. The lowest BCUT2D eigenvalue weighted by Crippen LogP contribution is -2.04. The summed E-state index contributed by atoms with van der Waals surface area (Å²) in [5.41, 5.74) is 0.814. The molecule has 0 aliphatic carbocycles. The van der Waals surface area contributed by atoms with Crippen LogP contribution < -0.4 is 0 Å². The van der Waals surface area contributed by atoms with E-state index in [0.29, 0.717) is 4.34 Å². The summed E-state index contributed by atoms with van der Waals surface area (Å²) in [5.74, 6) is -1.89. The largest absolute Gasteiger partial charge is 0.478 e. The van der Waals surface area contributed by atoms with Gasteiger partial charge in [-0.3, -0.25) is 0 Å². The van der Waals surface area contributed by atoms with E-state index < -0.39 is 11.9 Å². The number of fused-ring (bicyclic) bond motifs is 1. The Kier molecular flexibility index (Phi) is 4.18. The van der Waals surface area contributed by atoms with Crippen LogP contribution in [0.1, 0.15) is 0 Å². The van der Waals surface area contributed by atoms with Crippen molar-refractivity contribution in [3.8, 4) is 0 Å². The molecular weight excluding hydrogens is 286 g/mol. The van der Waals surface area contributed by atoms with Gasteiger partial charge in [0.05, 0.1) is 17.3 Å². The molecule has 1 aromatic carbocycles. The Morgan fingerprint density at radius 1 is 1.42 bits per heavy atom. The molecule has 0 aliphatic heterocycles. The quantitative estimate of drug-likeness (QED) is 0.530. The van der Waals surface area contributed by atoms with Crippen LogP contribution in [-0.4, -0.2) is 29.1 Å². The predicted molar refractivity (Wildman–Crippen MR) is 73.2 cm³/mol. The molecule has 0 aliphatic rings. The number of carboxylic acid groups (broad SMARTS) is 1. The van der Waals surface area contributed by atoms with E-state index in [1.807, 2.05) is 24.3 Å². The van der Waals surface area contributed by atoms with E-state index in [-0.39, 0.29) is 4.91 Å². The van der Waals surface area contributed by atoms with Crippen molar-refractivity contribution in [2.45, 2.75) is 4.34 Å². The van der Waals surface area contributed by atoms with E-state index in [4.69, 9.17) is 5.11 Å². The molecule has 7 heteroatoms. The first-order valence-corrected chi connectivity index (χ1v) is 6.80. The second kappa shape index (κ2) is 5.85. The van der Waals surface area contributed by atoms with E-state index in [1.165, 1.54) is 18.4 Å². The van der Waals surface area contributed by atoms with Crippen molar-refractivity contribution in [1.29, 1.82) is 0 Å². The van der Waals surface area contributed by atoms with Gasteiger partial charge < -0.3 is 9.84 Å². The highest BCUT2D eigenvalue weighted by Gasteiger charge is 2.16. The maximum Gasteiger partial charge on any atom is 0.345 e. The van der Waals surface area contributed by atoms with Crippen LogP contribution in [0.3, 0.4) is 0 Å². The number of aliphatic carboxylic acids is 1. The van der Waals surface area contributed by atoms with Gasteiger partial charge in [0, 0.05) is 6.08 Å². The fraction of sp³-hybridized carbons (Fsp3) is 0.0833. The van der Waals surface area contributed by atoms with E-state index in [2.05, 4.69) is 9.72 Å². The Morgan fingerprint density at radius 3 is 2.79 bits per heavy atom. The zero-order chi connectivity index (χ0) is 13.8. The highest BCUT2D eigenvalue weighted by atomic mass is 32.2. The fourth-order valence-corrected chi connectivity index (χ4v) is 3.39. The van der Waals surface area contributed by atoms with Crippen molar-refractivity contribution in [2.75, 3.05) is 7.11 Å². The molecule has 1 N–H and O–H groups in total. The average molecular weight is 295 g/mol. The van der Waals surface area contributed by atoms with Gasteiger partial charge in [0.2, 0.25) is 0 Å². The monoisotopic (exact) mass is 295 g/mol. The van der Waals surface area contributed by atoms with Crippen molar-refractivity contribution in [2.24, 2.45) is 0 Å². The minimum atomic E-state index is -1.20. The molecule has 0 saturated carbocycles. The van der Waals surface area contributed by atoms with Crippen LogP contribution in [0.2, 0.25) is 0 Å². The summed E-state index contributed by atoms with van der Waals surface area (Å²) in [4.78, 5) is 26.5. The Balaban J connectivity index is 2.30. The van der Waals surface area contributed by atoms with Gasteiger partial charge in [0.15, 0.2) is 4.34 Å². The first kappa shape index (κ1) is 13.6. The summed E-state index contributed by atoms with van der Waals surface area (Å²) < 4.78 is 6.12. The lowest BCUT2D eigenvalue weighted by Gasteiger charge is -2.00. The maximum atomic E-state index is 11.5. The molecule has 0 fully saturated rings. The van der Waals surface area contributed by atoms with Crippen LogP contribution in [0.15, 0.2) is 39.6 Å². The summed E-state index contributed by atoms with van der Waals surface area (Å²) in [7, 11) is 1.21. The van der Waals surface area contributed by atoms with Crippen LogP contribution in [-0.2, 0) is 14.3 Å². The van der Waals surface area contributed by atoms with Crippen molar-refractivity contribution in [3.05, 3.63) is 35.2 Å². The van der Waals surface area contributed by atoms with Gasteiger partial charge in [0.25, 0.3) is 0 Å². The van der Waals surface area contributed by atoms with Crippen molar-refractivity contribution >= 4 is 45.3 Å². The van der Waals surface area contributed by atoms with E-state index >= 15 is 0 Å². The third-order valence-corrected chi connectivity index (χ3v) is 4.21. The van der Waals surface area contributed by atoms with Crippen molar-refractivity contribution < 1.29 is 19.4 Å². The molecule has 0 radical (unpaired) electrons. The van der Waals surface area contributed by atoms with Gasteiger partial charge in [-0.1, -0.05) is 23.9 Å². The number of hydrogen-bond acceptors (Lipinski definition) is 6. The van der Waals surface area contributed by atoms with Gasteiger partial charge in [-0.05, 0) is 12.1 Å². The predicted octanol–water partition coefficient (Wildman–Crippen LogP) is 2.53. The number of carboxylic acids is 1. The van der Waals surface area contributed by atoms with Crippen LogP contribution in [0.25, 0.3) is 10.2 Å². The first-order valence-electron chi connectivity index (χ1n) is 5.16. The van der Waals surface area contributed by atoms with Gasteiger partial charge in [-0.25, -0.2) is 14.6 Å². The Hall–Kier alpha value is -1.86. The highest BCUT2D eigenvalue weighted by molar-refractivity contribution is 8.05. The molecule has 0 bridgehead atoms. The number of carbonyl (C=O) groups excluding carboxylic acids is 1. The number of methoxy groups -OCH3 is 1. The number of carbonyl (C=O) groups is 2. The number of ether oxygens (including phenoxy) is 1. The van der Waals surface area contributed by atoms with E-state index in [0.717, 1.165) is 28.1 Å². The minimum Gasteiger partial charge on any atom is -0.478 e. The number of hydrogen-bond donors (Lipinski definition) is 1. The lowest BCUT2D eigenvalue weighted by molar-refractivity contribution is -0.136. The molecule has 0 unspecified atom stereocenters. The second-order valence-corrected chi connectivity index (χ2v) is 5.71. The molecule has 1 aromatic heterocycles. The van der Waals surface area contributed by atoms with Crippen LogP contribution in [0, 0.1) is 0 Å². The molecule has 0 saturated heterocycles. The Morgan fingerprint density at radius 2 is 2.16 bits per heavy atom. The SMILES string of the molecule is COC(=O)/C(=C\C(=O)O)Sc1nc2ccccc2s1. The van der Waals surface area contributed by atoms with Crippen molar-refractivity contribution in [3.63, 3.8) is 0 Å². The fourth-order valence-electron chi connectivity index (χ4n) is 1.33. The molecule has 1 heterocycles. The lowest BCUT2D eigenvalue weighted by atomic mass is 10.3. The number of rotatable bonds is 4. The molecule has 2 aromatic rings. The number of benzene rings is 1. The van der Waals surface area contributed by atoms with Gasteiger partial charge >= 0.3 is 11.9 Å². The number of nitrogens with zero attached hydrogens (tertiary/aromatic N) is 1. The zero-order valence-corrected chi connectivity index (χ0v) is 11.5.